The molecule has 0 spiro atoms. The molecule has 1 fully saturated rings. The van der Waals surface area contributed by atoms with Gasteiger partial charge in [0.25, 0.3) is 0 Å². The van der Waals surface area contributed by atoms with Crippen LogP contribution in [0, 0.1) is 11.8 Å². The SMILES string of the molecule is CCCCN(CCCC)CC1CC(CC)CCC1=O. The number of rotatable bonds is 9. The van der Waals surface area contributed by atoms with E-state index in [0.717, 1.165) is 31.7 Å². The Morgan fingerprint density at radius 2 is 1.74 bits per heavy atom. The maximum atomic E-state index is 12.1. The number of hydrogen-bond donors (Lipinski definition) is 0. The van der Waals surface area contributed by atoms with E-state index in [1.807, 2.05) is 0 Å². The van der Waals surface area contributed by atoms with E-state index in [1.165, 1.54) is 45.2 Å². The van der Waals surface area contributed by atoms with Gasteiger partial charge in [-0.25, -0.2) is 0 Å². The van der Waals surface area contributed by atoms with Crippen LogP contribution in [0.4, 0.5) is 0 Å². The molecule has 0 amide bonds. The summed E-state index contributed by atoms with van der Waals surface area (Å²) in [6.45, 7) is 10.1. The number of hydrogen-bond acceptors (Lipinski definition) is 2. The third-order valence-electron chi connectivity index (χ3n) is 4.58. The lowest BCUT2D eigenvalue weighted by atomic mass is 9.79. The second-order valence-corrected chi connectivity index (χ2v) is 6.22. The topological polar surface area (TPSA) is 20.3 Å². The third-order valence-corrected chi connectivity index (χ3v) is 4.58. The Morgan fingerprint density at radius 3 is 2.26 bits per heavy atom. The number of carbonyl (C=O) groups excluding carboxylic acids is 1. The Labute approximate surface area is 119 Å². The zero-order valence-corrected chi connectivity index (χ0v) is 13.3. The maximum absolute atomic E-state index is 12.1. The Balaban J connectivity index is 2.47. The standard InChI is InChI=1S/C17H33NO/c1-4-7-11-18(12-8-5-2)14-16-13-15(6-3)9-10-17(16)19/h15-16H,4-14H2,1-3H3. The lowest BCUT2D eigenvalue weighted by Gasteiger charge is -2.32. The van der Waals surface area contributed by atoms with Crippen molar-refractivity contribution in [3.05, 3.63) is 0 Å². The number of Topliss-reactive ketones (excluding diaryl/α,β-unsaturated/α-hetero) is 1. The highest BCUT2D eigenvalue weighted by Gasteiger charge is 2.28. The average Bonchev–Trinajstić information content (AvgIpc) is 2.43. The van der Waals surface area contributed by atoms with Gasteiger partial charge in [-0.05, 0) is 44.7 Å². The minimum atomic E-state index is 0.326. The molecule has 1 rings (SSSR count). The summed E-state index contributed by atoms with van der Waals surface area (Å²) in [4.78, 5) is 14.7. The summed E-state index contributed by atoms with van der Waals surface area (Å²) >= 11 is 0. The smallest absolute Gasteiger partial charge is 0.137 e. The van der Waals surface area contributed by atoms with Gasteiger partial charge in [0, 0.05) is 18.9 Å². The van der Waals surface area contributed by atoms with E-state index in [4.69, 9.17) is 0 Å². The van der Waals surface area contributed by atoms with E-state index >= 15 is 0 Å². The van der Waals surface area contributed by atoms with Crippen LogP contribution >= 0.6 is 0 Å². The van der Waals surface area contributed by atoms with Crippen LogP contribution in [-0.4, -0.2) is 30.3 Å². The van der Waals surface area contributed by atoms with Crippen LogP contribution in [0.1, 0.15) is 72.1 Å². The second-order valence-electron chi connectivity index (χ2n) is 6.22. The summed E-state index contributed by atoms with van der Waals surface area (Å²) < 4.78 is 0. The molecule has 0 bridgehead atoms. The van der Waals surface area contributed by atoms with Crippen molar-refractivity contribution >= 4 is 5.78 Å². The van der Waals surface area contributed by atoms with Crippen molar-refractivity contribution in [3.8, 4) is 0 Å². The summed E-state index contributed by atoms with van der Waals surface area (Å²) in [5.41, 5.74) is 0. The maximum Gasteiger partial charge on any atom is 0.137 e. The molecule has 0 aromatic rings. The van der Waals surface area contributed by atoms with E-state index in [1.54, 1.807) is 0 Å². The molecule has 0 aromatic carbocycles. The van der Waals surface area contributed by atoms with Gasteiger partial charge in [-0.3, -0.25) is 4.79 Å². The highest BCUT2D eigenvalue weighted by atomic mass is 16.1. The van der Waals surface area contributed by atoms with Gasteiger partial charge in [-0.2, -0.15) is 0 Å². The van der Waals surface area contributed by atoms with Crippen molar-refractivity contribution in [1.82, 2.24) is 4.90 Å². The molecule has 0 N–H and O–H groups in total. The first-order valence-electron chi connectivity index (χ1n) is 8.46. The van der Waals surface area contributed by atoms with Crippen LogP contribution in [0.3, 0.4) is 0 Å². The fourth-order valence-corrected chi connectivity index (χ4v) is 3.12. The Bertz CT molecular complexity index is 244. The van der Waals surface area contributed by atoms with Gasteiger partial charge in [0.15, 0.2) is 0 Å². The van der Waals surface area contributed by atoms with Crippen LogP contribution in [0.15, 0.2) is 0 Å². The molecule has 1 aliphatic carbocycles. The lowest BCUT2D eigenvalue weighted by molar-refractivity contribution is -0.126. The van der Waals surface area contributed by atoms with Gasteiger partial charge in [0.2, 0.25) is 0 Å². The van der Waals surface area contributed by atoms with Gasteiger partial charge >= 0.3 is 0 Å². The third kappa shape index (κ3) is 6.07. The van der Waals surface area contributed by atoms with Crippen LogP contribution in [0.2, 0.25) is 0 Å². The summed E-state index contributed by atoms with van der Waals surface area (Å²) in [6, 6.07) is 0. The predicted octanol–water partition coefficient (Wildman–Crippen LogP) is 4.28. The molecule has 0 aliphatic heterocycles. The van der Waals surface area contributed by atoms with Crippen LogP contribution in [0.5, 0.6) is 0 Å². The second kappa shape index (κ2) is 9.52. The zero-order valence-electron chi connectivity index (χ0n) is 13.3. The first-order valence-corrected chi connectivity index (χ1v) is 8.46. The monoisotopic (exact) mass is 267 g/mol. The van der Waals surface area contributed by atoms with Crippen LogP contribution in [-0.2, 0) is 4.79 Å². The van der Waals surface area contributed by atoms with Crippen LogP contribution in [0.25, 0.3) is 0 Å². The van der Waals surface area contributed by atoms with Gasteiger partial charge in [-0.15, -0.1) is 0 Å². The molecule has 1 saturated carbocycles. The van der Waals surface area contributed by atoms with Crippen molar-refractivity contribution in [3.63, 3.8) is 0 Å². The molecule has 112 valence electrons. The van der Waals surface area contributed by atoms with Gasteiger partial charge in [0.1, 0.15) is 5.78 Å². The van der Waals surface area contributed by atoms with E-state index < -0.39 is 0 Å². The Kier molecular flexibility index (Phi) is 8.36. The van der Waals surface area contributed by atoms with Crippen molar-refractivity contribution in [2.45, 2.75) is 72.1 Å². The van der Waals surface area contributed by atoms with Crippen molar-refractivity contribution in [2.24, 2.45) is 11.8 Å². The molecule has 2 nitrogen and oxygen atoms in total. The molecule has 2 atom stereocenters. The van der Waals surface area contributed by atoms with Gasteiger partial charge in [-0.1, -0.05) is 40.0 Å². The number of ketones is 1. The normalized spacial score (nSPS) is 24.1. The summed E-state index contributed by atoms with van der Waals surface area (Å²) in [7, 11) is 0. The highest BCUT2D eigenvalue weighted by Crippen LogP contribution is 2.29. The molecule has 0 heterocycles. The average molecular weight is 267 g/mol. The van der Waals surface area contributed by atoms with E-state index in [9.17, 15) is 4.79 Å². The highest BCUT2D eigenvalue weighted by molar-refractivity contribution is 5.81. The first-order chi connectivity index (χ1) is 9.21. The molecular weight excluding hydrogens is 234 g/mol. The zero-order chi connectivity index (χ0) is 14.1. The summed E-state index contributed by atoms with van der Waals surface area (Å²) in [5.74, 6) is 1.65. The lowest BCUT2D eigenvalue weighted by Crippen LogP contribution is -2.37. The number of nitrogens with zero attached hydrogens (tertiary/aromatic N) is 1. The Hall–Kier alpha value is -0.370. The van der Waals surface area contributed by atoms with Gasteiger partial charge < -0.3 is 4.90 Å². The predicted molar refractivity (Wildman–Crippen MR) is 82.4 cm³/mol. The molecule has 19 heavy (non-hydrogen) atoms. The molecule has 2 unspecified atom stereocenters. The molecular formula is C17H33NO. The Morgan fingerprint density at radius 1 is 1.11 bits per heavy atom. The molecule has 2 heteroatoms. The minimum Gasteiger partial charge on any atom is -0.303 e. The number of carbonyl (C=O) groups is 1. The summed E-state index contributed by atoms with van der Waals surface area (Å²) in [6.07, 6.45) is 9.38. The number of unbranched alkanes of at least 4 members (excludes halogenated alkanes) is 2. The van der Waals surface area contributed by atoms with Crippen molar-refractivity contribution < 1.29 is 4.79 Å². The van der Waals surface area contributed by atoms with Crippen molar-refractivity contribution in [1.29, 1.82) is 0 Å². The largest absolute Gasteiger partial charge is 0.303 e. The molecule has 0 aromatic heterocycles. The molecule has 0 saturated heterocycles. The fraction of sp³-hybridized carbons (Fsp3) is 0.941. The summed E-state index contributed by atoms with van der Waals surface area (Å²) in [5, 5.41) is 0. The first kappa shape index (κ1) is 16.7. The van der Waals surface area contributed by atoms with E-state index in [0.29, 0.717) is 11.7 Å². The van der Waals surface area contributed by atoms with E-state index in [2.05, 4.69) is 25.7 Å². The minimum absolute atomic E-state index is 0.326. The quantitative estimate of drug-likeness (QED) is 0.621. The fourth-order valence-electron chi connectivity index (χ4n) is 3.12. The van der Waals surface area contributed by atoms with Crippen molar-refractivity contribution in [2.75, 3.05) is 19.6 Å². The van der Waals surface area contributed by atoms with Gasteiger partial charge in [0.05, 0.1) is 0 Å². The van der Waals surface area contributed by atoms with Crippen LogP contribution < -0.4 is 0 Å². The molecule has 0 radical (unpaired) electrons. The van der Waals surface area contributed by atoms with E-state index in [-0.39, 0.29) is 0 Å². The molecule has 1 aliphatic rings.